The first-order valence-corrected chi connectivity index (χ1v) is 7.68. The summed E-state index contributed by atoms with van der Waals surface area (Å²) in [6.07, 6.45) is 0.105. The molecule has 0 aliphatic carbocycles. The van der Waals surface area contributed by atoms with Crippen LogP contribution in [-0.2, 0) is 24.5 Å². The molecule has 1 atom stereocenters. The topological polar surface area (TPSA) is 84.9 Å². The van der Waals surface area contributed by atoms with Crippen molar-refractivity contribution in [3.05, 3.63) is 35.4 Å². The fraction of sp³-hybridized carbons (Fsp3) is 0.529. The Hall–Kier alpha value is -1.92. The Bertz CT molecular complexity index is 549. The minimum atomic E-state index is -1.09. The first-order valence-electron chi connectivity index (χ1n) is 7.68. The number of aliphatic carboxylic acids is 1. The van der Waals surface area contributed by atoms with Gasteiger partial charge in [0.2, 0.25) is 5.91 Å². The van der Waals surface area contributed by atoms with Crippen molar-refractivity contribution in [2.75, 3.05) is 26.9 Å². The SMILES string of the molecule is COC(CNC(=O)C1(c2ccc(C)cc2)CCOCC1)C(=O)O. The Kier molecular flexibility index (Phi) is 5.74. The van der Waals surface area contributed by atoms with Crippen LogP contribution in [0.15, 0.2) is 24.3 Å². The molecule has 23 heavy (non-hydrogen) atoms. The number of carboxylic acid groups (broad SMARTS) is 1. The third kappa shape index (κ3) is 3.89. The van der Waals surface area contributed by atoms with Crippen LogP contribution in [0.4, 0.5) is 0 Å². The molecule has 0 saturated carbocycles. The van der Waals surface area contributed by atoms with Crippen molar-refractivity contribution in [2.24, 2.45) is 0 Å². The predicted molar refractivity (Wildman–Crippen MR) is 84.4 cm³/mol. The second kappa shape index (κ2) is 7.57. The normalized spacial score (nSPS) is 18.2. The van der Waals surface area contributed by atoms with Gasteiger partial charge in [-0.1, -0.05) is 29.8 Å². The van der Waals surface area contributed by atoms with Gasteiger partial charge in [0.15, 0.2) is 6.10 Å². The highest BCUT2D eigenvalue weighted by molar-refractivity contribution is 5.89. The molecule has 6 heteroatoms. The molecule has 0 bridgehead atoms. The summed E-state index contributed by atoms with van der Waals surface area (Å²) in [5, 5.41) is 11.8. The Morgan fingerprint density at radius 3 is 2.43 bits per heavy atom. The van der Waals surface area contributed by atoms with Crippen molar-refractivity contribution >= 4 is 11.9 Å². The first-order chi connectivity index (χ1) is 11.0. The van der Waals surface area contributed by atoms with E-state index >= 15 is 0 Å². The van der Waals surface area contributed by atoms with Crippen LogP contribution in [0.25, 0.3) is 0 Å². The van der Waals surface area contributed by atoms with E-state index < -0.39 is 17.5 Å². The molecule has 0 radical (unpaired) electrons. The maximum atomic E-state index is 12.8. The summed E-state index contributed by atoms with van der Waals surface area (Å²) in [5.41, 5.74) is 1.39. The average molecular weight is 321 g/mol. The molecule has 1 heterocycles. The largest absolute Gasteiger partial charge is 0.479 e. The van der Waals surface area contributed by atoms with Gasteiger partial charge >= 0.3 is 5.97 Å². The number of rotatable bonds is 6. The van der Waals surface area contributed by atoms with Gasteiger partial charge in [-0.05, 0) is 25.3 Å². The Morgan fingerprint density at radius 1 is 1.30 bits per heavy atom. The van der Waals surface area contributed by atoms with Crippen LogP contribution in [0.1, 0.15) is 24.0 Å². The molecule has 1 aromatic rings. The number of carbonyl (C=O) groups excluding carboxylic acids is 1. The number of carbonyl (C=O) groups is 2. The molecule has 1 aromatic carbocycles. The molecule has 126 valence electrons. The van der Waals surface area contributed by atoms with Crippen LogP contribution >= 0.6 is 0 Å². The lowest BCUT2D eigenvalue weighted by atomic mass is 9.73. The van der Waals surface area contributed by atoms with E-state index in [1.807, 2.05) is 31.2 Å². The van der Waals surface area contributed by atoms with Crippen LogP contribution in [0.2, 0.25) is 0 Å². The summed E-state index contributed by atoms with van der Waals surface area (Å²) in [4.78, 5) is 23.8. The minimum Gasteiger partial charge on any atom is -0.479 e. The fourth-order valence-corrected chi connectivity index (χ4v) is 2.87. The minimum absolute atomic E-state index is 0.0564. The van der Waals surface area contributed by atoms with E-state index in [-0.39, 0.29) is 12.5 Å². The molecular formula is C17H23NO5. The lowest BCUT2D eigenvalue weighted by molar-refractivity contribution is -0.148. The maximum absolute atomic E-state index is 12.8. The summed E-state index contributed by atoms with van der Waals surface area (Å²) in [6.45, 7) is 2.96. The van der Waals surface area contributed by atoms with Crippen LogP contribution in [0.3, 0.4) is 0 Å². The van der Waals surface area contributed by atoms with Crippen molar-refractivity contribution in [1.82, 2.24) is 5.32 Å². The molecule has 1 aliphatic heterocycles. The third-order valence-corrected chi connectivity index (χ3v) is 4.39. The smallest absolute Gasteiger partial charge is 0.334 e. The number of benzene rings is 1. The molecular weight excluding hydrogens is 298 g/mol. The monoisotopic (exact) mass is 321 g/mol. The van der Waals surface area contributed by atoms with E-state index in [4.69, 9.17) is 14.6 Å². The summed E-state index contributed by atoms with van der Waals surface area (Å²) in [7, 11) is 1.31. The molecule has 1 amide bonds. The van der Waals surface area contributed by atoms with E-state index in [0.29, 0.717) is 26.1 Å². The Labute approximate surface area is 135 Å². The highest BCUT2D eigenvalue weighted by Gasteiger charge is 2.41. The van der Waals surface area contributed by atoms with Gasteiger partial charge in [0.25, 0.3) is 0 Å². The van der Waals surface area contributed by atoms with Crippen LogP contribution in [0.5, 0.6) is 0 Å². The molecule has 0 aromatic heterocycles. The second-order valence-electron chi connectivity index (χ2n) is 5.83. The maximum Gasteiger partial charge on any atom is 0.334 e. The standard InChI is InChI=1S/C17H23NO5/c1-12-3-5-13(6-4-12)17(7-9-23-10-8-17)16(21)18-11-14(22-2)15(19)20/h3-6,14H,7-11H2,1-2H3,(H,18,21)(H,19,20). The first kappa shape index (κ1) is 17.4. The lowest BCUT2D eigenvalue weighted by Gasteiger charge is -2.36. The Balaban J connectivity index is 2.19. The second-order valence-corrected chi connectivity index (χ2v) is 5.83. The highest BCUT2D eigenvalue weighted by atomic mass is 16.5. The number of aryl methyl sites for hydroxylation is 1. The van der Waals surface area contributed by atoms with Crippen molar-refractivity contribution in [3.63, 3.8) is 0 Å². The molecule has 0 spiro atoms. The number of methoxy groups -OCH3 is 1. The number of hydrogen-bond acceptors (Lipinski definition) is 4. The van der Waals surface area contributed by atoms with Gasteiger partial charge in [0, 0.05) is 20.3 Å². The number of carboxylic acids is 1. The van der Waals surface area contributed by atoms with Gasteiger partial charge in [-0.2, -0.15) is 0 Å². The van der Waals surface area contributed by atoms with Crippen molar-refractivity contribution in [2.45, 2.75) is 31.3 Å². The quantitative estimate of drug-likeness (QED) is 0.824. The summed E-state index contributed by atoms with van der Waals surface area (Å²) < 4.78 is 10.3. The number of ether oxygens (including phenoxy) is 2. The van der Waals surface area contributed by atoms with Crippen molar-refractivity contribution in [1.29, 1.82) is 0 Å². The number of nitrogens with one attached hydrogen (secondary N) is 1. The Morgan fingerprint density at radius 2 is 1.91 bits per heavy atom. The highest BCUT2D eigenvalue weighted by Crippen LogP contribution is 2.35. The van der Waals surface area contributed by atoms with Crippen LogP contribution < -0.4 is 5.32 Å². The summed E-state index contributed by atoms with van der Waals surface area (Å²) in [5.74, 6) is -1.27. The van der Waals surface area contributed by atoms with E-state index in [1.165, 1.54) is 7.11 Å². The van der Waals surface area contributed by atoms with Gasteiger partial charge < -0.3 is 19.9 Å². The van der Waals surface area contributed by atoms with E-state index in [9.17, 15) is 9.59 Å². The van der Waals surface area contributed by atoms with Crippen LogP contribution in [0, 0.1) is 6.92 Å². The van der Waals surface area contributed by atoms with Crippen molar-refractivity contribution < 1.29 is 24.2 Å². The third-order valence-electron chi connectivity index (χ3n) is 4.39. The van der Waals surface area contributed by atoms with Gasteiger partial charge in [0.1, 0.15) is 0 Å². The molecule has 2 N–H and O–H groups in total. The predicted octanol–water partition coefficient (Wildman–Crippen LogP) is 1.26. The zero-order valence-electron chi connectivity index (χ0n) is 13.5. The zero-order valence-corrected chi connectivity index (χ0v) is 13.5. The molecule has 2 rings (SSSR count). The van der Waals surface area contributed by atoms with E-state index in [0.717, 1.165) is 11.1 Å². The van der Waals surface area contributed by atoms with E-state index in [2.05, 4.69) is 5.32 Å². The van der Waals surface area contributed by atoms with Gasteiger partial charge in [-0.3, -0.25) is 4.79 Å². The van der Waals surface area contributed by atoms with Gasteiger partial charge in [-0.15, -0.1) is 0 Å². The molecule has 6 nitrogen and oxygen atoms in total. The van der Waals surface area contributed by atoms with Gasteiger partial charge in [-0.25, -0.2) is 4.79 Å². The van der Waals surface area contributed by atoms with Crippen LogP contribution in [-0.4, -0.2) is 50.0 Å². The average Bonchev–Trinajstić information content (AvgIpc) is 2.56. The molecule has 1 saturated heterocycles. The summed E-state index contributed by atoms with van der Waals surface area (Å²) >= 11 is 0. The zero-order chi connectivity index (χ0) is 16.9. The number of hydrogen-bond donors (Lipinski definition) is 2. The van der Waals surface area contributed by atoms with Crippen molar-refractivity contribution in [3.8, 4) is 0 Å². The van der Waals surface area contributed by atoms with Gasteiger partial charge in [0.05, 0.1) is 12.0 Å². The van der Waals surface area contributed by atoms with E-state index in [1.54, 1.807) is 0 Å². The molecule has 1 fully saturated rings. The fourth-order valence-electron chi connectivity index (χ4n) is 2.87. The lowest BCUT2D eigenvalue weighted by Crippen LogP contribution is -2.50. The molecule has 1 aliphatic rings. The number of amides is 1. The molecule has 1 unspecified atom stereocenters. The summed E-state index contributed by atoms with van der Waals surface area (Å²) in [6, 6.07) is 7.89.